The molecule has 3 rings (SSSR count). The normalized spacial score (nSPS) is 15.9. The average molecular weight is 305 g/mol. The van der Waals surface area contributed by atoms with Gasteiger partial charge < -0.3 is 10.4 Å². The number of amides is 1. The summed E-state index contributed by atoms with van der Waals surface area (Å²) in [7, 11) is 0. The maximum atomic E-state index is 12.3. The van der Waals surface area contributed by atoms with Gasteiger partial charge in [-0.2, -0.15) is 0 Å². The maximum absolute atomic E-state index is 12.3. The number of carbonyl (C=O) groups is 1. The molecular weight excluding hydrogens is 288 g/mol. The summed E-state index contributed by atoms with van der Waals surface area (Å²) >= 11 is 5.96. The number of aromatic nitrogens is 1. The van der Waals surface area contributed by atoms with Crippen molar-refractivity contribution in [3.63, 3.8) is 0 Å². The third-order valence-corrected chi connectivity index (χ3v) is 4.07. The van der Waals surface area contributed by atoms with Crippen LogP contribution in [0.15, 0.2) is 30.3 Å². The smallest absolute Gasteiger partial charge is 0.270 e. The van der Waals surface area contributed by atoms with Crippen LogP contribution in [0.3, 0.4) is 0 Å². The Balaban J connectivity index is 1.80. The van der Waals surface area contributed by atoms with E-state index in [1.165, 1.54) is 0 Å². The molecule has 0 saturated heterocycles. The van der Waals surface area contributed by atoms with Crippen LogP contribution in [0.2, 0.25) is 5.02 Å². The number of pyridine rings is 1. The summed E-state index contributed by atoms with van der Waals surface area (Å²) in [5, 5.41) is 13.6. The standard InChI is InChI=1S/C16H17ClN2O2/c17-12-5-3-11-4-6-14(18-15(11)9-12)16(21)19-13(7-8-20)10-1-2-10/h3-6,9-10,13,20H,1-2,7-8H2,(H,19,21). The largest absolute Gasteiger partial charge is 0.396 e. The molecule has 1 atom stereocenters. The zero-order valence-electron chi connectivity index (χ0n) is 11.6. The predicted molar refractivity (Wildman–Crippen MR) is 82.4 cm³/mol. The molecule has 0 aliphatic heterocycles. The minimum Gasteiger partial charge on any atom is -0.396 e. The Morgan fingerprint density at radius 1 is 1.38 bits per heavy atom. The van der Waals surface area contributed by atoms with Crippen LogP contribution in [-0.4, -0.2) is 28.6 Å². The van der Waals surface area contributed by atoms with Gasteiger partial charge in [-0.3, -0.25) is 4.79 Å². The monoisotopic (exact) mass is 304 g/mol. The number of aliphatic hydroxyl groups is 1. The summed E-state index contributed by atoms with van der Waals surface area (Å²) in [6.07, 6.45) is 2.83. The molecule has 21 heavy (non-hydrogen) atoms. The fourth-order valence-corrected chi connectivity index (χ4v) is 2.69. The van der Waals surface area contributed by atoms with Gasteiger partial charge >= 0.3 is 0 Å². The third-order valence-electron chi connectivity index (χ3n) is 3.83. The lowest BCUT2D eigenvalue weighted by molar-refractivity contribution is 0.0919. The van der Waals surface area contributed by atoms with E-state index in [1.807, 2.05) is 12.1 Å². The number of nitrogens with one attached hydrogen (secondary N) is 1. The first kappa shape index (κ1) is 14.3. The van der Waals surface area contributed by atoms with Crippen LogP contribution in [0, 0.1) is 5.92 Å². The van der Waals surface area contributed by atoms with E-state index in [1.54, 1.807) is 18.2 Å². The summed E-state index contributed by atoms with van der Waals surface area (Å²) < 4.78 is 0. The van der Waals surface area contributed by atoms with Crippen LogP contribution in [-0.2, 0) is 0 Å². The molecule has 2 N–H and O–H groups in total. The van der Waals surface area contributed by atoms with Gasteiger partial charge in [-0.05, 0) is 43.4 Å². The molecule has 110 valence electrons. The van der Waals surface area contributed by atoms with Crippen molar-refractivity contribution < 1.29 is 9.90 Å². The Morgan fingerprint density at radius 3 is 2.86 bits per heavy atom. The molecule has 1 amide bonds. The molecular formula is C16H17ClN2O2. The Morgan fingerprint density at radius 2 is 2.14 bits per heavy atom. The molecule has 1 aromatic heterocycles. The molecule has 2 aromatic rings. The van der Waals surface area contributed by atoms with E-state index < -0.39 is 0 Å². The van der Waals surface area contributed by atoms with Gasteiger partial charge in [-0.1, -0.05) is 23.7 Å². The first-order valence-electron chi connectivity index (χ1n) is 7.15. The number of benzene rings is 1. The Kier molecular flexibility index (Phi) is 4.08. The van der Waals surface area contributed by atoms with Crippen molar-refractivity contribution in [3.05, 3.63) is 41.0 Å². The quantitative estimate of drug-likeness (QED) is 0.893. The highest BCUT2D eigenvalue weighted by Crippen LogP contribution is 2.34. The van der Waals surface area contributed by atoms with E-state index in [-0.39, 0.29) is 18.6 Å². The SMILES string of the molecule is O=C(NC(CCO)C1CC1)c1ccc2ccc(Cl)cc2n1. The lowest BCUT2D eigenvalue weighted by Crippen LogP contribution is -2.37. The van der Waals surface area contributed by atoms with Gasteiger partial charge in [0.05, 0.1) is 5.52 Å². The number of halogens is 1. The summed E-state index contributed by atoms with van der Waals surface area (Å²) in [6, 6.07) is 9.06. The van der Waals surface area contributed by atoms with Gasteiger partial charge in [0.1, 0.15) is 5.69 Å². The summed E-state index contributed by atoms with van der Waals surface area (Å²) in [5.74, 6) is 0.304. The van der Waals surface area contributed by atoms with E-state index in [0.29, 0.717) is 28.6 Å². The third kappa shape index (κ3) is 3.34. The topological polar surface area (TPSA) is 62.2 Å². The van der Waals surface area contributed by atoms with Gasteiger partial charge in [0, 0.05) is 23.1 Å². The van der Waals surface area contributed by atoms with Gasteiger partial charge in [0.25, 0.3) is 5.91 Å². The Labute approximate surface area is 128 Å². The minimum absolute atomic E-state index is 0.0411. The van der Waals surface area contributed by atoms with Gasteiger partial charge in [-0.25, -0.2) is 4.98 Å². The van der Waals surface area contributed by atoms with E-state index in [4.69, 9.17) is 16.7 Å². The lowest BCUT2D eigenvalue weighted by Gasteiger charge is -2.16. The molecule has 1 heterocycles. The van der Waals surface area contributed by atoms with Crippen molar-refractivity contribution in [3.8, 4) is 0 Å². The van der Waals surface area contributed by atoms with Crippen LogP contribution >= 0.6 is 11.6 Å². The van der Waals surface area contributed by atoms with E-state index >= 15 is 0 Å². The summed E-state index contributed by atoms with van der Waals surface area (Å²) in [6.45, 7) is 0.0855. The maximum Gasteiger partial charge on any atom is 0.270 e. The second-order valence-corrected chi connectivity index (χ2v) is 5.90. The lowest BCUT2D eigenvalue weighted by atomic mass is 10.1. The highest BCUT2D eigenvalue weighted by atomic mass is 35.5. The van der Waals surface area contributed by atoms with Gasteiger partial charge in [-0.15, -0.1) is 0 Å². The molecule has 5 heteroatoms. The highest BCUT2D eigenvalue weighted by Gasteiger charge is 2.32. The van der Waals surface area contributed by atoms with Crippen molar-refractivity contribution in [1.29, 1.82) is 0 Å². The number of rotatable bonds is 5. The minimum atomic E-state index is -0.192. The molecule has 4 nitrogen and oxygen atoms in total. The molecule has 1 saturated carbocycles. The first-order chi connectivity index (χ1) is 10.2. The van der Waals surface area contributed by atoms with Crippen LogP contribution in [0.4, 0.5) is 0 Å². The van der Waals surface area contributed by atoms with Gasteiger partial charge in [0.2, 0.25) is 0 Å². The summed E-state index contributed by atoms with van der Waals surface area (Å²) in [5.41, 5.74) is 1.09. The Bertz CT molecular complexity index is 670. The number of hydrogen-bond acceptors (Lipinski definition) is 3. The fraction of sp³-hybridized carbons (Fsp3) is 0.375. The predicted octanol–water partition coefficient (Wildman–Crippen LogP) is 2.78. The van der Waals surface area contributed by atoms with Crippen molar-refractivity contribution in [2.45, 2.75) is 25.3 Å². The number of carbonyl (C=O) groups excluding carboxylic acids is 1. The molecule has 1 unspecified atom stereocenters. The van der Waals surface area contributed by atoms with Crippen LogP contribution < -0.4 is 5.32 Å². The number of hydrogen-bond donors (Lipinski definition) is 2. The second kappa shape index (κ2) is 6.00. The zero-order valence-corrected chi connectivity index (χ0v) is 12.3. The molecule has 0 spiro atoms. The van der Waals surface area contributed by atoms with Gasteiger partial charge in [0.15, 0.2) is 0 Å². The van der Waals surface area contributed by atoms with Crippen molar-refractivity contribution in [1.82, 2.24) is 10.3 Å². The number of aliphatic hydroxyl groups excluding tert-OH is 1. The molecule has 0 radical (unpaired) electrons. The number of fused-ring (bicyclic) bond motifs is 1. The second-order valence-electron chi connectivity index (χ2n) is 5.46. The molecule has 1 aromatic carbocycles. The molecule has 1 aliphatic carbocycles. The van der Waals surface area contributed by atoms with Crippen molar-refractivity contribution in [2.75, 3.05) is 6.61 Å². The van der Waals surface area contributed by atoms with E-state index in [2.05, 4.69) is 10.3 Å². The van der Waals surface area contributed by atoms with Crippen LogP contribution in [0.5, 0.6) is 0 Å². The van der Waals surface area contributed by atoms with Crippen molar-refractivity contribution in [2.24, 2.45) is 5.92 Å². The molecule has 1 aliphatic rings. The fourth-order valence-electron chi connectivity index (χ4n) is 2.52. The van der Waals surface area contributed by atoms with Crippen molar-refractivity contribution >= 4 is 28.4 Å². The zero-order chi connectivity index (χ0) is 14.8. The average Bonchev–Trinajstić information content (AvgIpc) is 3.30. The van der Waals surface area contributed by atoms with Crippen LogP contribution in [0.25, 0.3) is 10.9 Å². The van der Waals surface area contributed by atoms with Crippen LogP contribution in [0.1, 0.15) is 29.8 Å². The molecule has 1 fully saturated rings. The highest BCUT2D eigenvalue weighted by molar-refractivity contribution is 6.31. The Hall–Kier alpha value is -1.65. The molecule has 0 bridgehead atoms. The first-order valence-corrected chi connectivity index (χ1v) is 7.53. The van der Waals surface area contributed by atoms with E-state index in [0.717, 1.165) is 18.2 Å². The number of nitrogens with zero attached hydrogens (tertiary/aromatic N) is 1. The summed E-state index contributed by atoms with van der Waals surface area (Å²) in [4.78, 5) is 16.7. The van der Waals surface area contributed by atoms with E-state index in [9.17, 15) is 4.79 Å².